The van der Waals surface area contributed by atoms with Crippen LogP contribution in [0.5, 0.6) is 0 Å². The molecule has 3 unspecified atom stereocenters. The van der Waals surface area contributed by atoms with Gasteiger partial charge in [0.05, 0.1) is 12.5 Å². The van der Waals surface area contributed by atoms with Crippen LogP contribution in [0.25, 0.3) is 0 Å². The van der Waals surface area contributed by atoms with Crippen molar-refractivity contribution in [2.45, 2.75) is 65.6 Å². The highest BCUT2D eigenvalue weighted by molar-refractivity contribution is 5.73. The van der Waals surface area contributed by atoms with E-state index < -0.39 is 6.10 Å². The molecule has 3 heteroatoms. The molecule has 1 heterocycles. The van der Waals surface area contributed by atoms with Crippen LogP contribution >= 0.6 is 0 Å². The summed E-state index contributed by atoms with van der Waals surface area (Å²) in [5, 5.41) is 9.83. The standard InChI is InChI=1S/C15H24O3/c1-9-6-5-7-15(3,4)13(9)11-8-12(17)18-14(11)10(2)16/h10-11,14,16H,5-8H2,1-4H3. The molecule has 3 nitrogen and oxygen atoms in total. The van der Waals surface area contributed by atoms with Crippen LogP contribution in [0.2, 0.25) is 0 Å². The molecule has 0 aromatic heterocycles. The van der Waals surface area contributed by atoms with Crippen molar-refractivity contribution in [3.63, 3.8) is 0 Å². The second-order valence-electron chi connectivity index (χ2n) is 6.44. The summed E-state index contributed by atoms with van der Waals surface area (Å²) in [7, 11) is 0. The first-order valence-electron chi connectivity index (χ1n) is 6.90. The lowest BCUT2D eigenvalue weighted by atomic mass is 9.66. The number of carbonyl (C=O) groups excluding carboxylic acids is 1. The molecule has 18 heavy (non-hydrogen) atoms. The van der Waals surface area contributed by atoms with Gasteiger partial charge in [-0.1, -0.05) is 25.0 Å². The highest BCUT2D eigenvalue weighted by Crippen LogP contribution is 2.48. The Morgan fingerprint density at radius 2 is 2.11 bits per heavy atom. The number of aliphatic hydroxyl groups excluding tert-OH is 1. The molecule has 1 N–H and O–H groups in total. The molecular formula is C15H24O3. The van der Waals surface area contributed by atoms with E-state index in [9.17, 15) is 9.90 Å². The highest BCUT2D eigenvalue weighted by Gasteiger charge is 2.45. The molecule has 0 amide bonds. The third kappa shape index (κ3) is 2.33. The van der Waals surface area contributed by atoms with Crippen molar-refractivity contribution in [2.75, 3.05) is 0 Å². The Labute approximate surface area is 109 Å². The first-order valence-corrected chi connectivity index (χ1v) is 6.90. The zero-order chi connectivity index (χ0) is 13.5. The van der Waals surface area contributed by atoms with E-state index in [4.69, 9.17) is 4.74 Å². The largest absolute Gasteiger partial charge is 0.459 e. The Hall–Kier alpha value is -0.830. The quantitative estimate of drug-likeness (QED) is 0.607. The zero-order valence-electron chi connectivity index (χ0n) is 11.8. The number of hydrogen-bond donors (Lipinski definition) is 1. The zero-order valence-corrected chi connectivity index (χ0v) is 11.8. The third-order valence-corrected chi connectivity index (χ3v) is 4.44. The topological polar surface area (TPSA) is 46.5 Å². The number of rotatable bonds is 2. The molecular weight excluding hydrogens is 228 g/mol. The van der Waals surface area contributed by atoms with Gasteiger partial charge in [0.2, 0.25) is 0 Å². The predicted molar refractivity (Wildman–Crippen MR) is 70.0 cm³/mol. The summed E-state index contributed by atoms with van der Waals surface area (Å²) in [6, 6.07) is 0. The molecule has 1 saturated heterocycles. The molecule has 2 rings (SSSR count). The van der Waals surface area contributed by atoms with Gasteiger partial charge >= 0.3 is 5.97 Å². The fourth-order valence-corrected chi connectivity index (χ4v) is 3.74. The maximum Gasteiger partial charge on any atom is 0.306 e. The van der Waals surface area contributed by atoms with Gasteiger partial charge in [-0.3, -0.25) is 4.79 Å². The minimum Gasteiger partial charge on any atom is -0.459 e. The molecule has 0 bridgehead atoms. The second-order valence-corrected chi connectivity index (χ2v) is 6.44. The second kappa shape index (κ2) is 4.69. The van der Waals surface area contributed by atoms with Crippen LogP contribution in [0, 0.1) is 11.3 Å². The van der Waals surface area contributed by atoms with E-state index in [1.165, 1.54) is 17.6 Å². The lowest BCUT2D eigenvalue weighted by Crippen LogP contribution is -2.35. The highest BCUT2D eigenvalue weighted by atomic mass is 16.6. The molecule has 2 aliphatic rings. The molecule has 102 valence electrons. The maximum absolute atomic E-state index is 11.6. The summed E-state index contributed by atoms with van der Waals surface area (Å²) >= 11 is 0. The first kappa shape index (κ1) is 13.6. The van der Waals surface area contributed by atoms with E-state index in [2.05, 4.69) is 20.8 Å². The number of aliphatic hydroxyl groups is 1. The first-order chi connectivity index (χ1) is 8.33. The molecule has 1 aliphatic heterocycles. The summed E-state index contributed by atoms with van der Waals surface area (Å²) in [5.74, 6) is -0.111. The third-order valence-electron chi connectivity index (χ3n) is 4.44. The number of ether oxygens (including phenoxy) is 1. The number of hydrogen-bond acceptors (Lipinski definition) is 3. The van der Waals surface area contributed by atoms with Gasteiger partial charge in [-0.25, -0.2) is 0 Å². The SMILES string of the molecule is CC1=C(C2CC(=O)OC2C(C)O)C(C)(C)CCC1. The van der Waals surface area contributed by atoms with Crippen molar-refractivity contribution in [1.82, 2.24) is 0 Å². The summed E-state index contributed by atoms with van der Waals surface area (Å²) in [4.78, 5) is 11.6. The molecule has 0 spiro atoms. The van der Waals surface area contributed by atoms with Gasteiger partial charge in [-0.15, -0.1) is 0 Å². The Bertz CT molecular complexity index is 379. The smallest absolute Gasteiger partial charge is 0.306 e. The summed E-state index contributed by atoms with van der Waals surface area (Å²) in [6.45, 7) is 8.36. The fraction of sp³-hybridized carbons (Fsp3) is 0.800. The monoisotopic (exact) mass is 252 g/mol. The van der Waals surface area contributed by atoms with Crippen molar-refractivity contribution in [2.24, 2.45) is 11.3 Å². The fourth-order valence-electron chi connectivity index (χ4n) is 3.74. The van der Waals surface area contributed by atoms with E-state index in [1.54, 1.807) is 6.92 Å². The molecule has 3 atom stereocenters. The molecule has 1 fully saturated rings. The van der Waals surface area contributed by atoms with Gasteiger partial charge in [-0.2, -0.15) is 0 Å². The lowest BCUT2D eigenvalue weighted by Gasteiger charge is -2.39. The van der Waals surface area contributed by atoms with Crippen LogP contribution in [-0.4, -0.2) is 23.3 Å². The van der Waals surface area contributed by atoms with Crippen molar-refractivity contribution in [3.8, 4) is 0 Å². The van der Waals surface area contributed by atoms with Gasteiger partial charge in [0.15, 0.2) is 0 Å². The van der Waals surface area contributed by atoms with Gasteiger partial charge in [0, 0.05) is 5.92 Å². The summed E-state index contributed by atoms with van der Waals surface area (Å²) in [5.41, 5.74) is 2.86. The van der Waals surface area contributed by atoms with Crippen LogP contribution in [0.15, 0.2) is 11.1 Å². The van der Waals surface area contributed by atoms with Crippen LogP contribution in [-0.2, 0) is 9.53 Å². The molecule has 0 radical (unpaired) electrons. The van der Waals surface area contributed by atoms with Crippen molar-refractivity contribution >= 4 is 5.97 Å². The van der Waals surface area contributed by atoms with Gasteiger partial charge < -0.3 is 9.84 Å². The predicted octanol–water partition coefficient (Wildman–Crippen LogP) is 2.83. The Morgan fingerprint density at radius 3 is 2.67 bits per heavy atom. The average Bonchev–Trinajstić information content (AvgIpc) is 2.58. The number of cyclic esters (lactones) is 1. The van der Waals surface area contributed by atoms with Crippen molar-refractivity contribution in [1.29, 1.82) is 0 Å². The van der Waals surface area contributed by atoms with E-state index >= 15 is 0 Å². The minimum absolute atomic E-state index is 0.0628. The molecule has 0 aromatic carbocycles. The van der Waals surface area contributed by atoms with Crippen LogP contribution < -0.4 is 0 Å². The molecule has 1 aliphatic carbocycles. The summed E-state index contributed by atoms with van der Waals surface area (Å²) < 4.78 is 5.31. The Balaban J connectivity index is 2.36. The van der Waals surface area contributed by atoms with Crippen molar-refractivity contribution in [3.05, 3.63) is 11.1 Å². The Morgan fingerprint density at radius 1 is 1.44 bits per heavy atom. The maximum atomic E-state index is 11.6. The Kier molecular flexibility index (Phi) is 3.54. The number of carbonyl (C=O) groups is 1. The van der Waals surface area contributed by atoms with E-state index in [0.29, 0.717) is 6.42 Å². The van der Waals surface area contributed by atoms with E-state index in [-0.39, 0.29) is 23.4 Å². The average molecular weight is 252 g/mol. The number of allylic oxidation sites excluding steroid dienone is 1. The van der Waals surface area contributed by atoms with Gasteiger partial charge in [0.1, 0.15) is 6.10 Å². The normalized spacial score (nSPS) is 33.5. The summed E-state index contributed by atoms with van der Waals surface area (Å²) in [6.07, 6.45) is 2.93. The van der Waals surface area contributed by atoms with E-state index in [1.807, 2.05) is 0 Å². The van der Waals surface area contributed by atoms with Crippen LogP contribution in [0.4, 0.5) is 0 Å². The van der Waals surface area contributed by atoms with Crippen LogP contribution in [0.1, 0.15) is 53.4 Å². The number of esters is 1. The van der Waals surface area contributed by atoms with Crippen LogP contribution in [0.3, 0.4) is 0 Å². The van der Waals surface area contributed by atoms with Crippen molar-refractivity contribution < 1.29 is 14.6 Å². The minimum atomic E-state index is -0.598. The van der Waals surface area contributed by atoms with E-state index in [0.717, 1.165) is 12.8 Å². The molecule has 0 aromatic rings. The van der Waals surface area contributed by atoms with Gasteiger partial charge in [-0.05, 0) is 38.5 Å². The van der Waals surface area contributed by atoms with Gasteiger partial charge in [0.25, 0.3) is 0 Å². The molecule has 0 saturated carbocycles. The lowest BCUT2D eigenvalue weighted by molar-refractivity contribution is -0.145.